The van der Waals surface area contributed by atoms with Gasteiger partial charge in [0.1, 0.15) is 5.76 Å². The first-order valence-electron chi connectivity index (χ1n) is 5.54. The number of rotatable bonds is 3. The molecule has 0 radical (unpaired) electrons. The van der Waals surface area contributed by atoms with Crippen LogP contribution >= 0.6 is 0 Å². The molecular formula is C15H12O3. The Morgan fingerprint density at radius 3 is 2.56 bits per heavy atom. The van der Waals surface area contributed by atoms with Gasteiger partial charge in [0, 0.05) is 11.6 Å². The zero-order valence-electron chi connectivity index (χ0n) is 9.92. The van der Waals surface area contributed by atoms with Gasteiger partial charge in [-0.1, -0.05) is 36.4 Å². The predicted molar refractivity (Wildman–Crippen MR) is 68.4 cm³/mol. The first-order valence-corrected chi connectivity index (χ1v) is 5.54. The number of benzene rings is 1. The first kappa shape index (κ1) is 12.0. The summed E-state index contributed by atoms with van der Waals surface area (Å²) in [5.74, 6) is -0.325. The van der Waals surface area contributed by atoms with Gasteiger partial charge in [0.05, 0.1) is 0 Å². The molecular weight excluding hydrogens is 228 g/mol. The molecule has 1 aliphatic heterocycles. The summed E-state index contributed by atoms with van der Waals surface area (Å²) >= 11 is 0. The van der Waals surface area contributed by atoms with Crippen molar-refractivity contribution in [1.29, 1.82) is 0 Å². The Bertz CT molecular complexity index is 563. The molecule has 2 rings (SSSR count). The third kappa shape index (κ3) is 3.04. The third-order valence-electron chi connectivity index (χ3n) is 2.42. The van der Waals surface area contributed by atoms with Crippen LogP contribution in [0.1, 0.15) is 12.5 Å². The van der Waals surface area contributed by atoms with Crippen LogP contribution in [0.2, 0.25) is 0 Å². The van der Waals surface area contributed by atoms with Gasteiger partial charge in [0.25, 0.3) is 0 Å². The Morgan fingerprint density at radius 2 is 1.94 bits per heavy atom. The molecule has 0 unspecified atom stereocenters. The van der Waals surface area contributed by atoms with Crippen molar-refractivity contribution < 1.29 is 14.3 Å². The highest BCUT2D eigenvalue weighted by atomic mass is 16.5. The quantitative estimate of drug-likeness (QED) is 0.602. The summed E-state index contributed by atoms with van der Waals surface area (Å²) in [6.07, 6.45) is 6.01. The van der Waals surface area contributed by atoms with E-state index in [1.165, 1.54) is 12.2 Å². The zero-order valence-corrected chi connectivity index (χ0v) is 9.92. The number of hydrogen-bond acceptors (Lipinski definition) is 3. The van der Waals surface area contributed by atoms with Crippen molar-refractivity contribution in [1.82, 2.24) is 0 Å². The Hall–Kier alpha value is -2.42. The van der Waals surface area contributed by atoms with Crippen LogP contribution in [-0.2, 0) is 14.3 Å². The number of carbonyl (C=O) groups is 2. The van der Waals surface area contributed by atoms with Crippen molar-refractivity contribution >= 4 is 17.8 Å². The van der Waals surface area contributed by atoms with Crippen LogP contribution in [0.15, 0.2) is 59.9 Å². The minimum atomic E-state index is -0.402. The monoisotopic (exact) mass is 240 g/mol. The van der Waals surface area contributed by atoms with E-state index in [0.717, 1.165) is 5.56 Å². The van der Waals surface area contributed by atoms with E-state index in [-0.39, 0.29) is 5.78 Å². The number of cyclic esters (lactones) is 1. The molecule has 0 N–H and O–H groups in total. The van der Waals surface area contributed by atoms with Gasteiger partial charge < -0.3 is 4.74 Å². The van der Waals surface area contributed by atoms with Crippen LogP contribution < -0.4 is 0 Å². The van der Waals surface area contributed by atoms with E-state index in [2.05, 4.69) is 0 Å². The molecule has 90 valence electrons. The van der Waals surface area contributed by atoms with E-state index in [0.29, 0.717) is 11.3 Å². The van der Waals surface area contributed by atoms with Crippen molar-refractivity contribution in [2.75, 3.05) is 0 Å². The Labute approximate surface area is 105 Å². The van der Waals surface area contributed by atoms with Crippen LogP contribution in [0.3, 0.4) is 0 Å². The summed E-state index contributed by atoms with van der Waals surface area (Å²) in [6, 6.07) is 9.50. The minimum absolute atomic E-state index is 0.215. The van der Waals surface area contributed by atoms with E-state index in [4.69, 9.17) is 4.74 Å². The standard InChI is InChI=1S/C15H12O3/c1-11-9-14(18-15(11)17)10-13(16)8-7-12-5-3-2-4-6-12/h2-10H,1H3/b8-7+,14-10+. The molecule has 0 amide bonds. The summed E-state index contributed by atoms with van der Waals surface area (Å²) in [5.41, 5.74) is 1.44. The second-order valence-corrected chi connectivity index (χ2v) is 3.91. The maximum atomic E-state index is 11.6. The van der Waals surface area contributed by atoms with Crippen LogP contribution in [0.5, 0.6) is 0 Å². The smallest absolute Gasteiger partial charge is 0.339 e. The summed E-state index contributed by atoms with van der Waals surface area (Å²) in [6.45, 7) is 1.65. The normalized spacial score (nSPS) is 17.1. The minimum Gasteiger partial charge on any atom is -0.423 e. The number of hydrogen-bond donors (Lipinski definition) is 0. The maximum Gasteiger partial charge on any atom is 0.339 e. The van der Waals surface area contributed by atoms with Crippen LogP contribution in [0.25, 0.3) is 6.08 Å². The van der Waals surface area contributed by atoms with Crippen molar-refractivity contribution in [2.45, 2.75) is 6.92 Å². The van der Waals surface area contributed by atoms with Gasteiger partial charge in [0.2, 0.25) is 0 Å². The Kier molecular flexibility index (Phi) is 3.53. The number of allylic oxidation sites excluding steroid dienone is 3. The Balaban J connectivity index is 2.04. The molecule has 1 aromatic carbocycles. The fourth-order valence-electron chi connectivity index (χ4n) is 1.49. The average Bonchev–Trinajstić information content (AvgIpc) is 2.67. The molecule has 1 heterocycles. The number of esters is 1. The fourth-order valence-corrected chi connectivity index (χ4v) is 1.49. The Morgan fingerprint density at radius 1 is 1.22 bits per heavy atom. The number of carbonyl (C=O) groups excluding carboxylic acids is 2. The van der Waals surface area contributed by atoms with E-state index in [1.54, 1.807) is 19.1 Å². The number of ketones is 1. The summed E-state index contributed by atoms with van der Waals surface area (Å²) in [7, 11) is 0. The van der Waals surface area contributed by atoms with Gasteiger partial charge in [0.15, 0.2) is 5.78 Å². The van der Waals surface area contributed by atoms with E-state index >= 15 is 0 Å². The predicted octanol–water partition coefficient (Wildman–Crippen LogP) is 2.66. The zero-order chi connectivity index (χ0) is 13.0. The van der Waals surface area contributed by atoms with E-state index in [1.807, 2.05) is 30.3 Å². The van der Waals surface area contributed by atoms with Gasteiger partial charge in [-0.3, -0.25) is 4.79 Å². The molecule has 0 fully saturated rings. The lowest BCUT2D eigenvalue weighted by Crippen LogP contribution is -1.96. The molecule has 0 spiro atoms. The second kappa shape index (κ2) is 5.27. The molecule has 0 saturated carbocycles. The number of ether oxygens (including phenoxy) is 1. The lowest BCUT2D eigenvalue weighted by Gasteiger charge is -1.93. The highest BCUT2D eigenvalue weighted by Crippen LogP contribution is 2.16. The first-order chi connectivity index (χ1) is 8.65. The van der Waals surface area contributed by atoms with Crippen molar-refractivity contribution in [3.63, 3.8) is 0 Å². The average molecular weight is 240 g/mol. The van der Waals surface area contributed by atoms with Crippen LogP contribution in [-0.4, -0.2) is 11.8 Å². The maximum absolute atomic E-state index is 11.6. The molecule has 3 heteroatoms. The molecule has 0 saturated heterocycles. The van der Waals surface area contributed by atoms with E-state index in [9.17, 15) is 9.59 Å². The highest BCUT2D eigenvalue weighted by molar-refractivity contribution is 6.03. The van der Waals surface area contributed by atoms with Gasteiger partial charge in [-0.25, -0.2) is 4.79 Å². The topological polar surface area (TPSA) is 43.4 Å². The molecule has 18 heavy (non-hydrogen) atoms. The summed E-state index contributed by atoms with van der Waals surface area (Å²) < 4.78 is 4.87. The van der Waals surface area contributed by atoms with Crippen molar-refractivity contribution in [3.05, 3.63) is 65.5 Å². The third-order valence-corrected chi connectivity index (χ3v) is 2.42. The highest BCUT2D eigenvalue weighted by Gasteiger charge is 2.16. The second-order valence-electron chi connectivity index (χ2n) is 3.91. The van der Waals surface area contributed by atoms with Gasteiger partial charge >= 0.3 is 5.97 Å². The lowest BCUT2D eigenvalue weighted by atomic mass is 10.2. The molecule has 0 aliphatic carbocycles. The molecule has 0 bridgehead atoms. The summed E-state index contributed by atoms with van der Waals surface area (Å²) in [4.78, 5) is 22.7. The van der Waals surface area contributed by atoms with Crippen molar-refractivity contribution in [3.8, 4) is 0 Å². The summed E-state index contributed by atoms with van der Waals surface area (Å²) in [5, 5.41) is 0. The van der Waals surface area contributed by atoms with Gasteiger partial charge in [-0.15, -0.1) is 0 Å². The molecule has 1 aromatic rings. The molecule has 3 nitrogen and oxygen atoms in total. The molecule has 1 aliphatic rings. The molecule has 0 aromatic heterocycles. The largest absolute Gasteiger partial charge is 0.423 e. The van der Waals surface area contributed by atoms with E-state index < -0.39 is 5.97 Å². The van der Waals surface area contributed by atoms with Crippen LogP contribution in [0, 0.1) is 0 Å². The lowest BCUT2D eigenvalue weighted by molar-refractivity contribution is -0.133. The van der Waals surface area contributed by atoms with Crippen LogP contribution in [0.4, 0.5) is 0 Å². The van der Waals surface area contributed by atoms with Gasteiger partial charge in [-0.05, 0) is 24.6 Å². The van der Waals surface area contributed by atoms with Crippen molar-refractivity contribution in [2.24, 2.45) is 0 Å². The SMILES string of the molecule is CC1=C/C(=C\C(=O)/C=C/c2ccccc2)OC1=O. The van der Waals surface area contributed by atoms with Gasteiger partial charge in [-0.2, -0.15) is 0 Å². The fraction of sp³-hybridized carbons (Fsp3) is 0.0667. The molecule has 0 atom stereocenters.